The molecule has 5 nitrogen and oxygen atoms in total. The number of fused-ring (bicyclic) bond motifs is 2. The van der Waals surface area contributed by atoms with E-state index in [1.807, 2.05) is 48.7 Å². The fraction of sp³-hybridized carbons (Fsp3) is 0.154. The molecule has 0 saturated heterocycles. The average Bonchev–Trinajstić information content (AvgIpc) is 3.40. The predicted molar refractivity (Wildman–Crippen MR) is 138 cm³/mol. The van der Waals surface area contributed by atoms with E-state index in [4.69, 9.17) is 16.6 Å². The van der Waals surface area contributed by atoms with Gasteiger partial charge < -0.3 is 15.6 Å². The van der Waals surface area contributed by atoms with Gasteiger partial charge >= 0.3 is 0 Å². The highest BCUT2D eigenvalue weighted by atomic mass is 35.5. The van der Waals surface area contributed by atoms with Gasteiger partial charge in [0.05, 0.1) is 16.8 Å². The van der Waals surface area contributed by atoms with Crippen molar-refractivity contribution in [1.82, 2.24) is 15.3 Å². The summed E-state index contributed by atoms with van der Waals surface area (Å²) in [6.07, 6.45) is 2.81. The van der Waals surface area contributed by atoms with Gasteiger partial charge in [-0.25, -0.2) is 4.98 Å². The van der Waals surface area contributed by atoms with E-state index < -0.39 is 0 Å². The third-order valence-electron chi connectivity index (χ3n) is 5.55. The average molecular weight is 475 g/mol. The molecule has 0 aliphatic heterocycles. The van der Waals surface area contributed by atoms with Gasteiger partial charge in [0.15, 0.2) is 0 Å². The highest BCUT2D eigenvalue weighted by Gasteiger charge is 2.08. The molecule has 0 radical (unpaired) electrons. The number of aromatic nitrogens is 2. The van der Waals surface area contributed by atoms with Gasteiger partial charge in [-0.3, -0.25) is 4.79 Å². The highest BCUT2D eigenvalue weighted by Crippen LogP contribution is 2.31. The van der Waals surface area contributed by atoms with Crippen molar-refractivity contribution in [1.29, 1.82) is 0 Å². The van der Waals surface area contributed by atoms with Gasteiger partial charge in [0.1, 0.15) is 5.01 Å². The first-order valence-corrected chi connectivity index (χ1v) is 12.0. The Morgan fingerprint density at radius 3 is 2.79 bits per heavy atom. The number of aromatic amines is 1. The third kappa shape index (κ3) is 4.93. The van der Waals surface area contributed by atoms with Crippen molar-refractivity contribution in [3.63, 3.8) is 0 Å². The number of aryl methyl sites for hydroxylation is 1. The molecule has 0 unspecified atom stereocenters. The molecule has 33 heavy (non-hydrogen) atoms. The van der Waals surface area contributed by atoms with E-state index in [0.717, 1.165) is 44.1 Å². The van der Waals surface area contributed by atoms with Crippen LogP contribution in [0.1, 0.15) is 11.1 Å². The number of anilines is 1. The summed E-state index contributed by atoms with van der Waals surface area (Å²) >= 11 is 7.79. The van der Waals surface area contributed by atoms with Crippen LogP contribution < -0.4 is 10.6 Å². The lowest BCUT2D eigenvalue weighted by molar-refractivity contribution is -0.115. The van der Waals surface area contributed by atoms with Crippen LogP contribution in [-0.2, 0) is 11.2 Å². The molecular weight excluding hydrogens is 452 g/mol. The number of hydrogen-bond acceptors (Lipinski definition) is 4. The van der Waals surface area contributed by atoms with Gasteiger partial charge in [0.2, 0.25) is 5.91 Å². The lowest BCUT2D eigenvalue weighted by atomic mass is 10.1. The number of carbonyl (C=O) groups excluding carboxylic acids is 1. The molecule has 0 atom stereocenters. The Balaban J connectivity index is 1.13. The first kappa shape index (κ1) is 21.6. The van der Waals surface area contributed by atoms with Crippen LogP contribution in [0.3, 0.4) is 0 Å². The first-order valence-electron chi connectivity index (χ1n) is 10.8. The van der Waals surface area contributed by atoms with Crippen LogP contribution in [0.15, 0.2) is 66.9 Å². The largest absolute Gasteiger partial charge is 0.361 e. The second kappa shape index (κ2) is 9.35. The summed E-state index contributed by atoms with van der Waals surface area (Å²) in [5.41, 5.74) is 6.31. The Morgan fingerprint density at radius 2 is 1.94 bits per heavy atom. The minimum Gasteiger partial charge on any atom is -0.361 e. The van der Waals surface area contributed by atoms with Gasteiger partial charge in [-0.15, -0.1) is 11.3 Å². The van der Waals surface area contributed by atoms with Crippen LogP contribution in [0, 0.1) is 6.92 Å². The Labute approximate surface area is 200 Å². The maximum Gasteiger partial charge on any atom is 0.238 e. The molecule has 0 aliphatic carbocycles. The van der Waals surface area contributed by atoms with Crippen molar-refractivity contribution in [2.45, 2.75) is 13.3 Å². The summed E-state index contributed by atoms with van der Waals surface area (Å²) < 4.78 is 1.18. The van der Waals surface area contributed by atoms with Crippen LogP contribution in [0.4, 0.5) is 5.69 Å². The van der Waals surface area contributed by atoms with Crippen LogP contribution in [-0.4, -0.2) is 29.0 Å². The molecule has 0 aliphatic rings. The summed E-state index contributed by atoms with van der Waals surface area (Å²) in [7, 11) is 0. The summed E-state index contributed by atoms with van der Waals surface area (Å²) in [5.74, 6) is -0.0693. The second-order valence-corrected chi connectivity index (χ2v) is 9.51. The Hall–Kier alpha value is -3.19. The van der Waals surface area contributed by atoms with Gasteiger partial charge in [-0.05, 0) is 85.6 Å². The zero-order valence-electron chi connectivity index (χ0n) is 18.1. The van der Waals surface area contributed by atoms with Crippen molar-refractivity contribution in [2.24, 2.45) is 0 Å². The molecule has 7 heteroatoms. The number of benzene rings is 3. The molecule has 5 aromatic rings. The molecule has 3 N–H and O–H groups in total. The number of amides is 1. The smallest absolute Gasteiger partial charge is 0.238 e. The molecule has 0 bridgehead atoms. The van der Waals surface area contributed by atoms with Gasteiger partial charge in [0.25, 0.3) is 0 Å². The quantitative estimate of drug-likeness (QED) is 0.247. The molecular formula is C26H23ClN4OS. The standard InChI is InChI=1S/C26H23ClN4OS/c1-16-2-8-23-24(12-16)33-26(31-23)17-3-6-20(7-4-17)30-25(32)15-28-11-10-18-14-29-22-9-5-19(27)13-21(18)22/h2-9,12-14,28-29H,10-11,15H2,1H3,(H,30,32). The van der Waals surface area contributed by atoms with Crippen molar-refractivity contribution in [3.8, 4) is 10.6 Å². The topological polar surface area (TPSA) is 69.8 Å². The lowest BCUT2D eigenvalue weighted by Gasteiger charge is -2.07. The maximum absolute atomic E-state index is 12.3. The number of H-pyrrole nitrogens is 1. The summed E-state index contributed by atoms with van der Waals surface area (Å²) in [4.78, 5) is 20.3. The molecule has 5 rings (SSSR count). The van der Waals surface area contributed by atoms with Crippen LogP contribution in [0.2, 0.25) is 5.02 Å². The van der Waals surface area contributed by atoms with E-state index in [1.54, 1.807) is 11.3 Å². The minimum atomic E-state index is -0.0693. The van der Waals surface area contributed by atoms with Crippen LogP contribution in [0.25, 0.3) is 31.7 Å². The normalized spacial score (nSPS) is 11.3. The highest BCUT2D eigenvalue weighted by molar-refractivity contribution is 7.21. The summed E-state index contributed by atoms with van der Waals surface area (Å²) in [6, 6.07) is 19.9. The van der Waals surface area contributed by atoms with Crippen LogP contribution in [0.5, 0.6) is 0 Å². The zero-order valence-corrected chi connectivity index (χ0v) is 19.7. The lowest BCUT2D eigenvalue weighted by Crippen LogP contribution is -2.29. The predicted octanol–water partition coefficient (Wildman–Crippen LogP) is 6.18. The fourth-order valence-electron chi connectivity index (χ4n) is 3.84. The molecule has 2 aromatic heterocycles. The van der Waals surface area contributed by atoms with E-state index in [2.05, 4.69) is 40.7 Å². The van der Waals surface area contributed by atoms with Gasteiger partial charge in [-0.2, -0.15) is 0 Å². The number of carbonyl (C=O) groups is 1. The molecule has 0 saturated carbocycles. The monoisotopic (exact) mass is 474 g/mol. The fourth-order valence-corrected chi connectivity index (χ4v) is 5.08. The van der Waals surface area contributed by atoms with E-state index in [1.165, 1.54) is 15.8 Å². The maximum atomic E-state index is 12.3. The minimum absolute atomic E-state index is 0.0693. The number of nitrogens with zero attached hydrogens (tertiary/aromatic N) is 1. The van der Waals surface area contributed by atoms with Crippen molar-refractivity contribution in [2.75, 3.05) is 18.4 Å². The molecule has 0 fully saturated rings. The van der Waals surface area contributed by atoms with E-state index in [0.29, 0.717) is 6.54 Å². The second-order valence-electron chi connectivity index (χ2n) is 8.05. The van der Waals surface area contributed by atoms with Crippen molar-refractivity contribution in [3.05, 3.63) is 83.0 Å². The van der Waals surface area contributed by atoms with E-state index >= 15 is 0 Å². The van der Waals surface area contributed by atoms with E-state index in [9.17, 15) is 4.79 Å². The zero-order chi connectivity index (χ0) is 22.8. The molecule has 3 aromatic carbocycles. The van der Waals surface area contributed by atoms with Crippen molar-refractivity contribution >= 4 is 55.7 Å². The van der Waals surface area contributed by atoms with Crippen molar-refractivity contribution < 1.29 is 4.79 Å². The van der Waals surface area contributed by atoms with E-state index in [-0.39, 0.29) is 12.5 Å². The number of nitrogens with one attached hydrogen (secondary N) is 3. The summed E-state index contributed by atoms with van der Waals surface area (Å²) in [5, 5.41) is 8.98. The molecule has 166 valence electrons. The molecule has 2 heterocycles. The Morgan fingerprint density at radius 1 is 1.09 bits per heavy atom. The van der Waals surface area contributed by atoms with Gasteiger partial charge in [-0.1, -0.05) is 17.7 Å². The summed E-state index contributed by atoms with van der Waals surface area (Å²) in [6.45, 7) is 3.04. The number of hydrogen-bond donors (Lipinski definition) is 3. The molecule has 0 spiro atoms. The SMILES string of the molecule is Cc1ccc2nc(-c3ccc(NC(=O)CNCCc4c[nH]c5ccc(Cl)cc45)cc3)sc2c1. The molecule has 1 amide bonds. The third-order valence-corrected chi connectivity index (χ3v) is 6.85. The Kier molecular flexibility index (Phi) is 6.13. The number of halogens is 1. The Bertz CT molecular complexity index is 1440. The number of rotatable bonds is 7. The van der Waals surface area contributed by atoms with Crippen LogP contribution >= 0.6 is 22.9 Å². The first-order chi connectivity index (χ1) is 16.0. The van der Waals surface area contributed by atoms with Gasteiger partial charge in [0, 0.05) is 33.4 Å². The number of thiazole rings is 1.